The molecule has 216 valence electrons. The Bertz CT molecular complexity index is 1480. The van der Waals surface area contributed by atoms with Gasteiger partial charge in [0.1, 0.15) is 0 Å². The maximum atomic E-state index is 13.4. The van der Waals surface area contributed by atoms with Gasteiger partial charge in [-0.2, -0.15) is 5.10 Å². The Balaban J connectivity index is 1.60. The van der Waals surface area contributed by atoms with Crippen LogP contribution in [-0.4, -0.2) is 48.9 Å². The average molecular weight is 587 g/mol. The molecule has 0 unspecified atom stereocenters. The topological polar surface area (TPSA) is 102 Å². The third-order valence-corrected chi connectivity index (χ3v) is 9.93. The minimum atomic E-state index is -3.79. The van der Waals surface area contributed by atoms with Gasteiger partial charge in [0, 0.05) is 35.6 Å². The van der Waals surface area contributed by atoms with E-state index < -0.39 is 15.6 Å². The fraction of sp³-hybridized carbons (Fsp3) is 0.533. The Hall–Kier alpha value is -2.46. The first-order valence-corrected chi connectivity index (χ1v) is 16.1. The Morgan fingerprint density at radius 3 is 2.38 bits per heavy atom. The highest BCUT2D eigenvalue weighted by Crippen LogP contribution is 2.35. The molecule has 1 saturated heterocycles. The lowest BCUT2D eigenvalue weighted by molar-refractivity contribution is 0.0694. The van der Waals surface area contributed by atoms with Gasteiger partial charge in [-0.15, -0.1) is 0 Å². The van der Waals surface area contributed by atoms with Crippen molar-refractivity contribution in [3.05, 3.63) is 52.8 Å². The van der Waals surface area contributed by atoms with Gasteiger partial charge in [-0.3, -0.25) is 4.79 Å². The zero-order chi connectivity index (χ0) is 28.5. The van der Waals surface area contributed by atoms with E-state index in [1.165, 1.54) is 19.3 Å². The molecule has 40 heavy (non-hydrogen) atoms. The van der Waals surface area contributed by atoms with Crippen LogP contribution in [0.3, 0.4) is 0 Å². The highest BCUT2D eigenvalue weighted by Gasteiger charge is 2.29. The summed E-state index contributed by atoms with van der Waals surface area (Å²) in [6.45, 7) is 6.68. The molecule has 10 heteroatoms. The third kappa shape index (κ3) is 6.38. The number of ether oxygens (including phenoxy) is 1. The summed E-state index contributed by atoms with van der Waals surface area (Å²) in [5.74, 6) is 0.161. The van der Waals surface area contributed by atoms with Crippen LogP contribution in [0.5, 0.6) is 0 Å². The molecule has 1 saturated carbocycles. The van der Waals surface area contributed by atoms with Gasteiger partial charge in [0.05, 0.1) is 21.3 Å². The number of hydrogen-bond acceptors (Lipinski definition) is 5. The van der Waals surface area contributed by atoms with Crippen LogP contribution in [0.25, 0.3) is 16.5 Å². The number of rotatable bonds is 7. The summed E-state index contributed by atoms with van der Waals surface area (Å²) in [6, 6.07) is 10.8. The molecule has 0 bridgehead atoms. The zero-order valence-corrected chi connectivity index (χ0v) is 25.1. The molecule has 1 aliphatic heterocycles. The van der Waals surface area contributed by atoms with Crippen molar-refractivity contribution in [3.8, 4) is 5.69 Å². The highest BCUT2D eigenvalue weighted by atomic mass is 35.5. The maximum absolute atomic E-state index is 13.4. The standard InChI is InChI=1S/C30H39ClN4O4S/c1-30(2,3)34-40(37,38)26-14-13-24(22-11-7-8-12-23(22)26)35-25(19-20-9-5-4-6-10-20)27(31)28(33-35)29(36)32-21-15-17-39-18-16-21/h7-8,11-14,20-21,34H,4-6,9-10,15-19H2,1-3H3,(H,32,36). The van der Waals surface area contributed by atoms with Gasteiger partial charge >= 0.3 is 0 Å². The van der Waals surface area contributed by atoms with Gasteiger partial charge < -0.3 is 10.1 Å². The fourth-order valence-electron chi connectivity index (χ4n) is 5.85. The summed E-state index contributed by atoms with van der Waals surface area (Å²) >= 11 is 6.96. The van der Waals surface area contributed by atoms with Gasteiger partial charge in [-0.25, -0.2) is 17.8 Å². The van der Waals surface area contributed by atoms with Gasteiger partial charge in [0.15, 0.2) is 5.69 Å². The van der Waals surface area contributed by atoms with Crippen LogP contribution >= 0.6 is 11.6 Å². The number of aromatic nitrogens is 2. The van der Waals surface area contributed by atoms with Crippen molar-refractivity contribution < 1.29 is 17.9 Å². The molecular weight excluding hydrogens is 548 g/mol. The van der Waals surface area contributed by atoms with E-state index in [4.69, 9.17) is 21.4 Å². The van der Waals surface area contributed by atoms with E-state index in [0.29, 0.717) is 41.6 Å². The van der Waals surface area contributed by atoms with E-state index in [1.54, 1.807) is 22.9 Å². The van der Waals surface area contributed by atoms with E-state index in [0.717, 1.165) is 36.8 Å². The number of hydrogen-bond donors (Lipinski definition) is 2. The molecule has 2 N–H and O–H groups in total. The van der Waals surface area contributed by atoms with E-state index >= 15 is 0 Å². The number of carbonyl (C=O) groups is 1. The highest BCUT2D eigenvalue weighted by molar-refractivity contribution is 7.89. The lowest BCUT2D eigenvalue weighted by Gasteiger charge is -2.23. The molecule has 8 nitrogen and oxygen atoms in total. The number of halogens is 1. The molecule has 0 spiro atoms. The van der Waals surface area contributed by atoms with Gasteiger partial charge in [0.25, 0.3) is 5.91 Å². The number of nitrogens with one attached hydrogen (secondary N) is 2. The number of nitrogens with zero attached hydrogens (tertiary/aromatic N) is 2. The maximum Gasteiger partial charge on any atom is 0.273 e. The van der Waals surface area contributed by atoms with Crippen molar-refractivity contribution in [1.29, 1.82) is 0 Å². The third-order valence-electron chi connectivity index (χ3n) is 7.71. The molecule has 1 aromatic heterocycles. The average Bonchev–Trinajstić information content (AvgIpc) is 3.23. The zero-order valence-electron chi connectivity index (χ0n) is 23.5. The van der Waals surface area contributed by atoms with Crippen molar-refractivity contribution in [3.63, 3.8) is 0 Å². The molecule has 0 atom stereocenters. The smallest absolute Gasteiger partial charge is 0.273 e. The predicted molar refractivity (Wildman–Crippen MR) is 158 cm³/mol. The molecule has 1 amide bonds. The second-order valence-electron chi connectivity index (χ2n) is 12.1. The number of amides is 1. The van der Waals surface area contributed by atoms with Crippen molar-refractivity contribution in [2.45, 2.75) is 88.6 Å². The molecule has 2 aliphatic rings. The minimum absolute atomic E-state index is 0.0184. The van der Waals surface area contributed by atoms with E-state index in [-0.39, 0.29) is 22.5 Å². The summed E-state index contributed by atoms with van der Waals surface area (Å²) in [4.78, 5) is 13.6. The summed E-state index contributed by atoms with van der Waals surface area (Å²) in [6.07, 6.45) is 8.04. The number of sulfonamides is 1. The summed E-state index contributed by atoms with van der Waals surface area (Å²) in [5, 5.41) is 9.55. The number of fused-ring (bicyclic) bond motifs is 1. The molecule has 2 fully saturated rings. The van der Waals surface area contributed by atoms with Crippen LogP contribution in [0, 0.1) is 5.92 Å². The van der Waals surface area contributed by atoms with Gasteiger partial charge in [-0.05, 0) is 58.1 Å². The summed E-state index contributed by atoms with van der Waals surface area (Å²) in [7, 11) is -3.79. The van der Waals surface area contributed by atoms with Crippen molar-refractivity contribution in [2.75, 3.05) is 13.2 Å². The normalized spacial score (nSPS) is 17.8. The lowest BCUT2D eigenvalue weighted by atomic mass is 9.86. The summed E-state index contributed by atoms with van der Waals surface area (Å²) < 4.78 is 36.7. The van der Waals surface area contributed by atoms with Crippen LogP contribution in [0.1, 0.15) is 81.9 Å². The van der Waals surface area contributed by atoms with Gasteiger partial charge in [-0.1, -0.05) is 68.0 Å². The molecule has 1 aliphatic carbocycles. The Labute approximate surface area is 241 Å². The molecule has 2 heterocycles. The second kappa shape index (κ2) is 11.8. The minimum Gasteiger partial charge on any atom is -0.381 e. The van der Waals surface area contributed by atoms with Crippen molar-refractivity contribution in [1.82, 2.24) is 19.8 Å². The first-order valence-electron chi connectivity index (χ1n) is 14.3. The van der Waals surface area contributed by atoms with Crippen LogP contribution in [0.2, 0.25) is 5.02 Å². The second-order valence-corrected chi connectivity index (χ2v) is 14.1. The number of benzene rings is 2. The quantitative estimate of drug-likeness (QED) is 0.365. The summed E-state index contributed by atoms with van der Waals surface area (Å²) in [5.41, 5.74) is 1.06. The number of carbonyl (C=O) groups excluding carboxylic acids is 1. The van der Waals surface area contributed by atoms with Crippen LogP contribution in [-0.2, 0) is 21.2 Å². The molecular formula is C30H39ClN4O4S. The fourth-order valence-corrected chi connectivity index (χ4v) is 7.76. The Morgan fingerprint density at radius 1 is 1.02 bits per heavy atom. The molecule has 0 radical (unpaired) electrons. The Kier molecular flexibility index (Phi) is 8.57. The largest absolute Gasteiger partial charge is 0.381 e. The predicted octanol–water partition coefficient (Wildman–Crippen LogP) is 5.79. The van der Waals surface area contributed by atoms with Crippen LogP contribution in [0.15, 0.2) is 41.3 Å². The Morgan fingerprint density at radius 2 is 1.70 bits per heavy atom. The lowest BCUT2D eigenvalue weighted by Crippen LogP contribution is -2.40. The first-order chi connectivity index (χ1) is 19.0. The van der Waals surface area contributed by atoms with Crippen LogP contribution in [0.4, 0.5) is 0 Å². The van der Waals surface area contributed by atoms with E-state index in [2.05, 4.69) is 10.0 Å². The molecule has 5 rings (SSSR count). The van der Waals surface area contributed by atoms with Crippen molar-refractivity contribution >= 4 is 38.3 Å². The van der Waals surface area contributed by atoms with Crippen LogP contribution < -0.4 is 10.0 Å². The van der Waals surface area contributed by atoms with Gasteiger partial charge in [0.2, 0.25) is 10.0 Å². The van der Waals surface area contributed by atoms with E-state index in [9.17, 15) is 13.2 Å². The van der Waals surface area contributed by atoms with Crippen molar-refractivity contribution in [2.24, 2.45) is 5.92 Å². The SMILES string of the molecule is CC(C)(C)NS(=O)(=O)c1ccc(-n2nc(C(=O)NC3CCOCC3)c(Cl)c2CC2CCCCC2)c2ccccc12. The van der Waals surface area contributed by atoms with E-state index in [1.807, 2.05) is 39.0 Å². The molecule has 2 aromatic carbocycles. The first kappa shape index (κ1) is 29.0. The monoisotopic (exact) mass is 586 g/mol. The molecule has 3 aromatic rings.